The lowest BCUT2D eigenvalue weighted by molar-refractivity contribution is -0.301. The zero-order valence-electron chi connectivity index (χ0n) is 52.1. The number of nitrogens with one attached hydrogen (secondary N) is 2. The number of aliphatic hydroxyl groups excluding tert-OH is 12. The molecular formula is C62H92N6O21. The Kier molecular flexibility index (Phi) is 24.1. The number of ether oxygens (including phenoxy) is 7. The third-order valence-electron chi connectivity index (χ3n) is 18.1. The summed E-state index contributed by atoms with van der Waals surface area (Å²) in [5.41, 5.74) is 10.8. The molecule has 8 bridgehead atoms. The van der Waals surface area contributed by atoms with Gasteiger partial charge < -0.3 is 114 Å². The van der Waals surface area contributed by atoms with Crippen molar-refractivity contribution in [3.8, 4) is 0 Å². The number of aryl methyl sites for hydroxylation is 4. The predicted octanol–water partition coefficient (Wildman–Crippen LogP) is -0.0440. The van der Waals surface area contributed by atoms with E-state index in [1.54, 1.807) is 23.9 Å². The minimum Gasteiger partial charge on any atom is -0.394 e. The molecule has 0 spiro atoms. The van der Waals surface area contributed by atoms with Gasteiger partial charge in [0.2, 0.25) is 5.91 Å². The number of amides is 2. The number of carbonyl (C=O) groups excluding carboxylic acids is 2. The van der Waals surface area contributed by atoms with Crippen molar-refractivity contribution < 1.29 is 104 Å². The van der Waals surface area contributed by atoms with Crippen LogP contribution in [0.1, 0.15) is 127 Å². The first-order valence-electron chi connectivity index (χ1n) is 30.7. The third kappa shape index (κ3) is 15.1. The average molecular weight is 1260 g/mol. The number of fused-ring (bicyclic) bond motifs is 8. The van der Waals surface area contributed by atoms with Crippen molar-refractivity contribution >= 4 is 45.0 Å². The van der Waals surface area contributed by atoms with Crippen LogP contribution in [0.15, 0.2) is 18.2 Å². The van der Waals surface area contributed by atoms with Crippen LogP contribution in [0, 0.1) is 20.8 Å². The van der Waals surface area contributed by atoms with Gasteiger partial charge in [0.25, 0.3) is 5.91 Å². The highest BCUT2D eigenvalue weighted by Crippen LogP contribution is 2.44. The van der Waals surface area contributed by atoms with Crippen LogP contribution in [0.25, 0.3) is 33.2 Å². The van der Waals surface area contributed by atoms with Gasteiger partial charge in [0.05, 0.1) is 68.2 Å². The topological polar surface area (TPSA) is 405 Å². The maximum Gasteiger partial charge on any atom is 0.256 e. The van der Waals surface area contributed by atoms with Gasteiger partial charge in [-0.1, -0.05) is 13.8 Å². The van der Waals surface area contributed by atoms with Gasteiger partial charge in [-0.2, -0.15) is 0 Å². The fourth-order valence-corrected chi connectivity index (χ4v) is 12.4. The summed E-state index contributed by atoms with van der Waals surface area (Å²) in [5.74, 6) is -1.12. The highest BCUT2D eigenvalue weighted by molar-refractivity contribution is 6.06. The molecule has 18 atom stereocenters. The van der Waals surface area contributed by atoms with Crippen molar-refractivity contribution in [1.82, 2.24) is 29.7 Å². The number of rotatable bonds is 25. The Morgan fingerprint density at radius 3 is 1.63 bits per heavy atom. The quantitative estimate of drug-likeness (QED) is 0.0495. The first kappa shape index (κ1) is 69.9. The lowest BCUT2D eigenvalue weighted by Crippen LogP contribution is -2.59. The highest BCUT2D eigenvalue weighted by atomic mass is 16.7. The van der Waals surface area contributed by atoms with Gasteiger partial charge in [-0.05, 0) is 113 Å². The Hall–Kier alpha value is -4.96. The van der Waals surface area contributed by atoms with Crippen LogP contribution < -0.4 is 0 Å². The summed E-state index contributed by atoms with van der Waals surface area (Å²) in [6.45, 7) is 12.8. The molecule has 1 unspecified atom stereocenters. The molecule has 0 aromatic carbocycles. The molecule has 14 N–H and O–H groups in total. The molecule has 3 aromatic heterocycles. The summed E-state index contributed by atoms with van der Waals surface area (Å²) < 4.78 is 40.2. The Morgan fingerprint density at radius 2 is 1.11 bits per heavy atom. The first-order chi connectivity index (χ1) is 42.4. The number of H-pyrrole nitrogens is 2. The normalized spacial score (nSPS) is 30.2. The van der Waals surface area contributed by atoms with Crippen LogP contribution in [-0.2, 0) is 44.4 Å². The molecule has 2 amide bonds. The standard InChI is InChI=1S/C62H92N6O21/c1-10-34-28(2)36-24-41-46(33(7)83-20-13-21-86-62-58(81)55(78)52(75)44(27-71)89-62)30(4)38(64-41)22-37-29(3)35(14-15-45(72)67(8)16-11-18-84-60-56(79)53(76)50(73)42(25-69)87-60)48(65-37)32(6)49-47(31(5)39(66-49)23-40(34)63-36)59(82)68(9)17-12-19-85-61-57(80)54(77)51(74)43(26-70)88-61/h22-24,29,33,35,42-44,50-58,60-63,66,69-71,73-81H,10-21,25-27H2,1-9H3/t29-,33?,35-,42+,43+,44+,50+,51+,52+,53-,54-,55-,56+,57+,58+,60+,61+,62+/m0/s1. The van der Waals surface area contributed by atoms with Gasteiger partial charge in [-0.15, -0.1) is 0 Å². The first-order valence-corrected chi connectivity index (χ1v) is 30.7. The summed E-state index contributed by atoms with van der Waals surface area (Å²) in [7, 11) is 3.34. The van der Waals surface area contributed by atoms with Crippen molar-refractivity contribution in [2.24, 2.45) is 0 Å². The van der Waals surface area contributed by atoms with Crippen LogP contribution in [0.4, 0.5) is 0 Å². The molecule has 89 heavy (non-hydrogen) atoms. The van der Waals surface area contributed by atoms with Gasteiger partial charge >= 0.3 is 0 Å². The summed E-state index contributed by atoms with van der Waals surface area (Å²) in [4.78, 5) is 50.2. The van der Waals surface area contributed by atoms with Crippen LogP contribution >= 0.6 is 0 Å². The summed E-state index contributed by atoms with van der Waals surface area (Å²) in [6.07, 6.45) is -19.8. The van der Waals surface area contributed by atoms with Gasteiger partial charge in [0, 0.05) is 85.6 Å². The largest absolute Gasteiger partial charge is 0.394 e. The van der Waals surface area contributed by atoms with Crippen LogP contribution in [-0.4, -0.2) is 274 Å². The molecular weight excluding hydrogens is 1160 g/mol. The van der Waals surface area contributed by atoms with Crippen molar-refractivity contribution in [3.05, 3.63) is 68.8 Å². The number of aliphatic hydroxyl groups is 12. The molecule has 27 heteroatoms. The number of aromatic amines is 2. The maximum absolute atomic E-state index is 15.0. The average Bonchev–Trinajstić information content (AvgIpc) is 1.68. The van der Waals surface area contributed by atoms with E-state index in [1.807, 2.05) is 59.7 Å². The zero-order valence-corrected chi connectivity index (χ0v) is 52.1. The molecule has 0 saturated carbocycles. The summed E-state index contributed by atoms with van der Waals surface area (Å²) in [6, 6.07) is 5.95. The van der Waals surface area contributed by atoms with Gasteiger partial charge in [0.1, 0.15) is 73.2 Å². The lowest BCUT2D eigenvalue weighted by Gasteiger charge is -2.39. The molecule has 0 radical (unpaired) electrons. The number of hydrogen-bond acceptors (Lipinski definition) is 23. The van der Waals surface area contributed by atoms with E-state index in [9.17, 15) is 66.1 Å². The minimum absolute atomic E-state index is 0.0107. The van der Waals surface area contributed by atoms with Crippen LogP contribution in [0.5, 0.6) is 0 Å². The fraction of sp³-hybridized carbons (Fsp3) is 0.677. The second kappa shape index (κ2) is 30.6. The number of nitrogens with zero attached hydrogens (tertiary/aromatic N) is 4. The Morgan fingerprint density at radius 1 is 0.607 bits per heavy atom. The second-order valence-corrected chi connectivity index (χ2v) is 24.0. The highest BCUT2D eigenvalue weighted by Gasteiger charge is 2.46. The molecule has 8 heterocycles. The molecule has 5 aliphatic heterocycles. The summed E-state index contributed by atoms with van der Waals surface area (Å²) >= 11 is 0. The Balaban J connectivity index is 1.11. The minimum atomic E-state index is -1.61. The SMILES string of the molecule is CCc1c(C)c2cc3nc(cc4nc(c(C)c5[nH]c(cc1[nH]2)c(C)c5C(=O)N(C)CCCO[C@@H]1O[C@H](CO)[C@@H](O)[C@H](O)[C@H]1O)[C@@H](CCC(=O)N(C)CCCO[C@@H]1O[C@H](CO)[C@@H](O)[C@H](O)[C@H]1O)[C@@H]4C)C(C)=C3C(C)OCCCO[C@@H]1O[C@H](CO)[C@@H](O)[C@H](O)[C@H]1O. The van der Waals surface area contributed by atoms with Gasteiger partial charge in [-0.3, -0.25) is 14.6 Å². The maximum atomic E-state index is 15.0. The lowest BCUT2D eigenvalue weighted by atomic mass is 9.85. The molecule has 8 rings (SSSR count). The van der Waals surface area contributed by atoms with E-state index in [2.05, 4.69) is 16.9 Å². The van der Waals surface area contributed by atoms with E-state index in [0.29, 0.717) is 76.2 Å². The summed E-state index contributed by atoms with van der Waals surface area (Å²) in [5, 5.41) is 122. The zero-order chi connectivity index (χ0) is 64.9. The molecule has 496 valence electrons. The second-order valence-electron chi connectivity index (χ2n) is 24.0. The van der Waals surface area contributed by atoms with Crippen molar-refractivity contribution in [1.29, 1.82) is 0 Å². The van der Waals surface area contributed by atoms with Gasteiger partial charge in [-0.25, -0.2) is 4.98 Å². The van der Waals surface area contributed by atoms with Crippen LogP contribution in [0.3, 0.4) is 0 Å². The van der Waals surface area contributed by atoms with E-state index in [0.717, 1.165) is 33.3 Å². The molecule has 27 nitrogen and oxygen atoms in total. The number of allylic oxidation sites excluding steroid dienone is 1. The van der Waals surface area contributed by atoms with E-state index in [1.165, 1.54) is 0 Å². The molecule has 0 aliphatic carbocycles. The van der Waals surface area contributed by atoms with Crippen molar-refractivity contribution in [2.45, 2.75) is 197 Å². The van der Waals surface area contributed by atoms with E-state index >= 15 is 4.79 Å². The van der Waals surface area contributed by atoms with E-state index in [-0.39, 0.29) is 76.0 Å². The monoisotopic (exact) mass is 1260 g/mol. The van der Waals surface area contributed by atoms with E-state index < -0.39 is 118 Å². The number of carbonyl (C=O) groups is 2. The van der Waals surface area contributed by atoms with Gasteiger partial charge in [0.15, 0.2) is 18.9 Å². The molecule has 3 saturated heterocycles. The number of aromatic nitrogens is 4. The number of hydrogen-bond donors (Lipinski definition) is 14. The molecule has 3 fully saturated rings. The fourth-order valence-electron chi connectivity index (χ4n) is 12.4. The molecule has 5 aliphatic rings. The molecule has 3 aromatic rings. The Bertz CT molecular complexity index is 3120. The Labute approximate surface area is 516 Å². The smallest absolute Gasteiger partial charge is 0.256 e. The third-order valence-corrected chi connectivity index (χ3v) is 18.1. The van der Waals surface area contributed by atoms with Crippen molar-refractivity contribution in [3.63, 3.8) is 0 Å². The van der Waals surface area contributed by atoms with Crippen molar-refractivity contribution in [2.75, 3.05) is 73.4 Å². The van der Waals surface area contributed by atoms with E-state index in [4.69, 9.17) is 43.1 Å². The van der Waals surface area contributed by atoms with Crippen LogP contribution in [0.2, 0.25) is 0 Å². The predicted molar refractivity (Wildman–Crippen MR) is 320 cm³/mol.